The van der Waals surface area contributed by atoms with Crippen LogP contribution in [0.1, 0.15) is 80.6 Å². The molecule has 0 amide bonds. The lowest BCUT2D eigenvalue weighted by molar-refractivity contribution is -0.300. The van der Waals surface area contributed by atoms with E-state index in [-0.39, 0.29) is 56.4 Å². The molecule has 1 aliphatic carbocycles. The molecule has 2 N–H and O–H groups in total. The average Bonchev–Trinajstić information content (AvgIpc) is 3.57. The van der Waals surface area contributed by atoms with Crippen molar-refractivity contribution in [1.29, 1.82) is 0 Å². The fourth-order valence-electron chi connectivity index (χ4n) is 9.74. The van der Waals surface area contributed by atoms with Crippen LogP contribution in [0, 0.1) is 23.7 Å². The minimum absolute atomic E-state index is 0.00108. The van der Waals surface area contributed by atoms with E-state index in [0.29, 0.717) is 24.0 Å². The summed E-state index contributed by atoms with van der Waals surface area (Å²) < 4.78 is 78.6. The number of carbonyl (C=O) groups excluding carboxylic acids is 1. The number of hydrogen-bond donors (Lipinski definition) is 2. The summed E-state index contributed by atoms with van der Waals surface area (Å²) in [5, 5.41) is 23.7. The molecule has 5 aliphatic heterocycles. The Morgan fingerprint density at radius 3 is 2.45 bits per heavy atom. The summed E-state index contributed by atoms with van der Waals surface area (Å²) in [5.41, 5.74) is -0.0242. The quantitative estimate of drug-likeness (QED) is 0.179. The van der Waals surface area contributed by atoms with Crippen LogP contribution in [0.15, 0.2) is 84.6 Å². The Labute approximate surface area is 368 Å². The van der Waals surface area contributed by atoms with E-state index in [0.717, 1.165) is 16.3 Å². The smallest absolute Gasteiger partial charge is 0.339 e. The fraction of sp³-hybridized carbons (Fsp3) is 0.681. The first-order valence-corrected chi connectivity index (χ1v) is 23.5. The molecule has 0 aromatic carbocycles. The number of carbonyl (C=O) groups is 1. The molecule has 0 aromatic heterocycles. The number of allylic oxidation sites excluding steroid dienone is 2. The summed E-state index contributed by atoms with van der Waals surface area (Å²) in [6, 6.07) is 0. The van der Waals surface area contributed by atoms with Gasteiger partial charge in [0, 0.05) is 51.3 Å². The number of aliphatic hydroxyl groups is 2. The Balaban J connectivity index is 1.33. The number of hydrogen-bond acceptors (Lipinski definition) is 13. The summed E-state index contributed by atoms with van der Waals surface area (Å²) >= 11 is 0. The number of methoxy groups -OCH3 is 1. The largest absolute Gasteiger partial charge is 0.462 e. The zero-order valence-corrected chi connectivity index (χ0v) is 38.4. The van der Waals surface area contributed by atoms with Crippen LogP contribution in [0.5, 0.6) is 0 Å². The molecule has 3 saturated heterocycles. The van der Waals surface area contributed by atoms with Gasteiger partial charge in [0.25, 0.3) is 0 Å². The van der Waals surface area contributed by atoms with E-state index < -0.39 is 88.7 Å². The SMILES string of the molecule is C=CCN(CC=C)S(=O)(=O)OC1[C@H](C)O[C@@H](O[C@@H]2/C(C)=C/C[C@@H]3C[C@@H](C[C@]4(C=C[C@H](C)[C@@H](C(C)CC)O4)O3)OC(=O)[C@@H]3C=C(C)[C@@H](O)C4OC/C(=C\C=C\[C@@H]2C)[C@]43O)C[C@@H]1OC. The Morgan fingerprint density at radius 1 is 1.05 bits per heavy atom. The second-order valence-corrected chi connectivity index (χ2v) is 19.6. The zero-order chi connectivity index (χ0) is 45.1. The van der Waals surface area contributed by atoms with Crippen molar-refractivity contribution in [2.45, 2.75) is 153 Å². The molecule has 14 nitrogen and oxygen atoms in total. The summed E-state index contributed by atoms with van der Waals surface area (Å²) in [5.74, 6) is -2.76. The zero-order valence-electron chi connectivity index (χ0n) is 37.6. The predicted octanol–water partition coefficient (Wildman–Crippen LogP) is 5.79. The van der Waals surface area contributed by atoms with Gasteiger partial charge in [0.15, 0.2) is 12.1 Å². The van der Waals surface area contributed by atoms with E-state index in [1.54, 1.807) is 32.1 Å². The maximum absolute atomic E-state index is 14.3. The van der Waals surface area contributed by atoms with Crippen molar-refractivity contribution in [1.82, 2.24) is 4.31 Å². The maximum Gasteiger partial charge on any atom is 0.339 e. The van der Waals surface area contributed by atoms with Crippen molar-refractivity contribution in [3.63, 3.8) is 0 Å². The molecule has 6 aliphatic rings. The third kappa shape index (κ3) is 10.2. The van der Waals surface area contributed by atoms with Gasteiger partial charge in [0.2, 0.25) is 0 Å². The predicted molar refractivity (Wildman–Crippen MR) is 232 cm³/mol. The van der Waals surface area contributed by atoms with Crippen molar-refractivity contribution in [3.05, 3.63) is 84.6 Å². The fourth-order valence-corrected chi connectivity index (χ4v) is 11.0. The Morgan fingerprint density at radius 2 is 1.77 bits per heavy atom. The molecule has 0 saturated carbocycles. The van der Waals surface area contributed by atoms with Gasteiger partial charge in [-0.15, -0.1) is 13.2 Å². The first-order chi connectivity index (χ1) is 29.4. The van der Waals surface area contributed by atoms with Crippen molar-refractivity contribution in [2.75, 3.05) is 26.8 Å². The number of fused-ring (bicyclic) bond motifs is 2. The van der Waals surface area contributed by atoms with Gasteiger partial charge in [-0.05, 0) is 55.9 Å². The van der Waals surface area contributed by atoms with E-state index in [2.05, 4.69) is 46.1 Å². The summed E-state index contributed by atoms with van der Waals surface area (Å²) in [7, 11) is -2.70. The lowest BCUT2D eigenvalue weighted by atomic mass is 9.71. The standard InChI is InChI=1S/C47H69NO13S/c1-11-21-48(22-12-2)62(52,53)61-43-33(9)56-39(25-38(43)54-10)58-41-29(5)15-14-16-34-27-55-44-40(49)32(8)23-37(47(34,44)51)45(50)57-36-24-35(18-17-30(41)6)59-46(26-36)20-19-31(7)42(60-46)28(4)13-3/h11-12,14-17,19-20,23,28-29,31,33,35-44,49,51H,1-2,13,18,21-22,24-27H2,3-10H3/b15-14+,30-17+,34-16+/t28?,29-,31-,33-,35+,36-,37-,38-,39-,40+,41-,42+,43?,44?,46+,47+/m0/s1. The third-order valence-electron chi connectivity index (χ3n) is 13.5. The summed E-state index contributed by atoms with van der Waals surface area (Å²) in [4.78, 5) is 14.3. The van der Waals surface area contributed by atoms with E-state index >= 15 is 0 Å². The molecule has 16 atom stereocenters. The molecule has 3 fully saturated rings. The Bertz CT molecular complexity index is 1880. The lowest BCUT2D eigenvalue weighted by Crippen LogP contribution is -2.58. The molecule has 2 bridgehead atoms. The van der Waals surface area contributed by atoms with Gasteiger partial charge in [-0.25, -0.2) is 4.18 Å². The van der Waals surface area contributed by atoms with Gasteiger partial charge in [0.1, 0.15) is 35.9 Å². The van der Waals surface area contributed by atoms with E-state index in [1.807, 2.05) is 26.0 Å². The van der Waals surface area contributed by atoms with Gasteiger partial charge in [-0.2, -0.15) is 12.7 Å². The highest BCUT2D eigenvalue weighted by Gasteiger charge is 2.60. The number of esters is 1. The van der Waals surface area contributed by atoms with E-state index in [1.165, 1.54) is 19.3 Å². The van der Waals surface area contributed by atoms with Crippen LogP contribution in [0.25, 0.3) is 0 Å². The molecule has 62 heavy (non-hydrogen) atoms. The minimum Gasteiger partial charge on any atom is -0.462 e. The highest BCUT2D eigenvalue weighted by atomic mass is 32.2. The molecule has 0 aromatic rings. The molecular weight excluding hydrogens is 819 g/mol. The third-order valence-corrected chi connectivity index (χ3v) is 14.8. The number of nitrogens with zero attached hydrogens (tertiary/aromatic N) is 1. The Kier molecular flexibility index (Phi) is 15.8. The molecule has 0 radical (unpaired) electrons. The van der Waals surface area contributed by atoms with Crippen molar-refractivity contribution < 1.29 is 60.8 Å². The molecular formula is C47H69NO13S. The number of aliphatic hydroxyl groups excluding tert-OH is 1. The van der Waals surface area contributed by atoms with Gasteiger partial charge in [-0.3, -0.25) is 4.79 Å². The van der Waals surface area contributed by atoms with Crippen molar-refractivity contribution >= 4 is 16.3 Å². The van der Waals surface area contributed by atoms with Gasteiger partial charge in [0.05, 0.1) is 37.1 Å². The average molecular weight is 888 g/mol. The molecule has 346 valence electrons. The molecule has 5 heterocycles. The van der Waals surface area contributed by atoms with Gasteiger partial charge >= 0.3 is 16.3 Å². The first-order valence-electron chi connectivity index (χ1n) is 22.1. The van der Waals surface area contributed by atoms with Crippen LogP contribution in [-0.4, -0.2) is 128 Å². The van der Waals surface area contributed by atoms with Crippen LogP contribution in [0.4, 0.5) is 0 Å². The molecule has 15 heteroatoms. The van der Waals surface area contributed by atoms with Gasteiger partial charge < -0.3 is 43.4 Å². The lowest BCUT2D eigenvalue weighted by Gasteiger charge is -2.48. The minimum atomic E-state index is -4.20. The molecule has 3 unspecified atom stereocenters. The molecule has 1 spiro atoms. The summed E-state index contributed by atoms with van der Waals surface area (Å²) in [6.45, 7) is 21.3. The van der Waals surface area contributed by atoms with E-state index in [9.17, 15) is 23.4 Å². The topological polar surface area (TPSA) is 169 Å². The Hall–Kier alpha value is -2.80. The van der Waals surface area contributed by atoms with Crippen LogP contribution < -0.4 is 0 Å². The van der Waals surface area contributed by atoms with Crippen LogP contribution in [0.2, 0.25) is 0 Å². The highest BCUT2D eigenvalue weighted by molar-refractivity contribution is 7.84. The van der Waals surface area contributed by atoms with Crippen molar-refractivity contribution in [2.24, 2.45) is 23.7 Å². The van der Waals surface area contributed by atoms with Gasteiger partial charge in [-0.1, -0.05) is 82.7 Å². The van der Waals surface area contributed by atoms with Crippen LogP contribution >= 0.6 is 0 Å². The highest BCUT2D eigenvalue weighted by Crippen LogP contribution is 2.47. The van der Waals surface area contributed by atoms with E-state index in [4.69, 9.17) is 37.3 Å². The second-order valence-electron chi connectivity index (χ2n) is 18.0. The number of ether oxygens (including phenoxy) is 7. The maximum atomic E-state index is 14.3. The monoisotopic (exact) mass is 887 g/mol. The van der Waals surface area contributed by atoms with Crippen molar-refractivity contribution in [3.8, 4) is 0 Å². The van der Waals surface area contributed by atoms with Crippen LogP contribution in [-0.2, 0) is 52.4 Å². The van der Waals surface area contributed by atoms with Crippen LogP contribution in [0.3, 0.4) is 0 Å². The first kappa shape index (κ1) is 48.7. The summed E-state index contributed by atoms with van der Waals surface area (Å²) in [6.07, 6.45) is 11.3. The molecule has 6 rings (SSSR count). The second kappa shape index (κ2) is 20.2. The number of rotatable bonds is 12. The normalized spacial score (nSPS) is 43.0.